The van der Waals surface area contributed by atoms with E-state index in [4.69, 9.17) is 0 Å². The van der Waals surface area contributed by atoms with Crippen LogP contribution in [0.5, 0.6) is 0 Å². The van der Waals surface area contributed by atoms with E-state index in [-0.39, 0.29) is 35.7 Å². The van der Waals surface area contributed by atoms with Crippen LogP contribution in [0.3, 0.4) is 0 Å². The fourth-order valence-electron chi connectivity index (χ4n) is 3.46. The number of hydrogen-bond donors (Lipinski definition) is 3. The van der Waals surface area contributed by atoms with E-state index in [0.29, 0.717) is 23.3 Å². The number of aryl methyl sites for hydroxylation is 1. The molecule has 2 aromatic heterocycles. The number of hydrogen-bond acceptors (Lipinski definition) is 5. The van der Waals surface area contributed by atoms with Gasteiger partial charge in [0, 0.05) is 23.9 Å². The molecule has 0 saturated heterocycles. The molecule has 0 aliphatic heterocycles. The summed E-state index contributed by atoms with van der Waals surface area (Å²) in [5.41, 5.74) is 0.785. The van der Waals surface area contributed by atoms with Crippen LogP contribution in [-0.4, -0.2) is 51.1 Å². The average Bonchev–Trinajstić information content (AvgIpc) is 3.19. The van der Waals surface area contributed by atoms with Gasteiger partial charge in [0.05, 0.1) is 28.9 Å². The Morgan fingerprint density at radius 3 is 2.76 bits per heavy atom. The second-order valence-corrected chi connectivity index (χ2v) is 10.7. The predicted octanol–water partition coefficient (Wildman–Crippen LogP) is 3.42. The minimum absolute atomic E-state index is 0.0157. The standard InChI is InChI=1S/C21H25FN4O5S2/c1-3-10-33(30,31)11-4-9-26(32(28)29)17-6-5-14(2)18(19(17)22)21(27)25-16-12-15-7-8-23-20(15)24-13-16/h5-8,12-13H,3-4,9-11H2,1-2H3,(H,23,24)(H,25,27)(H,28,29). The summed E-state index contributed by atoms with van der Waals surface area (Å²) < 4.78 is 61.7. The summed E-state index contributed by atoms with van der Waals surface area (Å²) in [5, 5.41) is 3.37. The number of aromatic amines is 1. The van der Waals surface area contributed by atoms with Gasteiger partial charge in [-0.2, -0.15) is 0 Å². The maximum atomic E-state index is 15.4. The first-order valence-corrected chi connectivity index (χ1v) is 13.1. The molecule has 1 unspecified atom stereocenters. The van der Waals surface area contributed by atoms with Crippen molar-refractivity contribution in [3.63, 3.8) is 0 Å². The van der Waals surface area contributed by atoms with Crippen molar-refractivity contribution in [2.45, 2.75) is 26.7 Å². The number of anilines is 2. The van der Waals surface area contributed by atoms with Crippen molar-refractivity contribution >= 4 is 49.4 Å². The van der Waals surface area contributed by atoms with Crippen LogP contribution in [0, 0.1) is 12.7 Å². The number of H-pyrrole nitrogens is 1. The Balaban J connectivity index is 1.84. The van der Waals surface area contributed by atoms with Gasteiger partial charge in [0.15, 0.2) is 5.82 Å². The van der Waals surface area contributed by atoms with Gasteiger partial charge in [-0.1, -0.05) is 13.0 Å². The minimum atomic E-state index is -3.29. The highest BCUT2D eigenvalue weighted by Crippen LogP contribution is 2.27. The number of sulfone groups is 1. The van der Waals surface area contributed by atoms with E-state index in [1.165, 1.54) is 18.3 Å². The first-order chi connectivity index (χ1) is 15.6. The Hall–Kier alpha value is -2.83. The zero-order valence-corrected chi connectivity index (χ0v) is 19.8. The van der Waals surface area contributed by atoms with Crippen LogP contribution in [0.15, 0.2) is 36.7 Å². The number of benzene rings is 1. The van der Waals surface area contributed by atoms with Crippen LogP contribution < -0.4 is 9.62 Å². The van der Waals surface area contributed by atoms with Gasteiger partial charge in [-0.25, -0.2) is 22.0 Å². The van der Waals surface area contributed by atoms with Gasteiger partial charge in [0.2, 0.25) is 0 Å². The van der Waals surface area contributed by atoms with Gasteiger partial charge < -0.3 is 10.3 Å². The number of rotatable bonds is 10. The van der Waals surface area contributed by atoms with Crippen LogP contribution >= 0.6 is 0 Å². The highest BCUT2D eigenvalue weighted by atomic mass is 32.2. The molecule has 0 aliphatic rings. The molecule has 178 valence electrons. The number of fused-ring (bicyclic) bond motifs is 1. The van der Waals surface area contributed by atoms with Crippen LogP contribution in [0.1, 0.15) is 35.7 Å². The highest BCUT2D eigenvalue weighted by Gasteiger charge is 2.24. The monoisotopic (exact) mass is 496 g/mol. The molecule has 12 heteroatoms. The fraction of sp³-hybridized carbons (Fsp3) is 0.333. The maximum absolute atomic E-state index is 15.4. The molecule has 1 atom stereocenters. The Labute approximate surface area is 193 Å². The second kappa shape index (κ2) is 10.4. The second-order valence-electron chi connectivity index (χ2n) is 7.52. The number of aromatic nitrogens is 2. The van der Waals surface area contributed by atoms with Crippen LogP contribution in [0.25, 0.3) is 11.0 Å². The summed E-state index contributed by atoms with van der Waals surface area (Å²) in [4.78, 5) is 20.0. The van der Waals surface area contributed by atoms with E-state index in [1.54, 1.807) is 32.2 Å². The van der Waals surface area contributed by atoms with Crippen molar-refractivity contribution in [1.29, 1.82) is 0 Å². The number of pyridine rings is 1. The smallest absolute Gasteiger partial charge is 0.261 e. The number of carbonyl (C=O) groups is 1. The summed E-state index contributed by atoms with van der Waals surface area (Å²) in [6.07, 6.45) is 3.63. The van der Waals surface area contributed by atoms with Gasteiger partial charge >= 0.3 is 0 Å². The first kappa shape index (κ1) is 24.8. The molecular formula is C21H25FN4O5S2. The maximum Gasteiger partial charge on any atom is 0.261 e. The molecule has 0 aliphatic carbocycles. The number of carbonyl (C=O) groups excluding carboxylic acids is 1. The minimum Gasteiger partial charge on any atom is -0.346 e. The van der Waals surface area contributed by atoms with Crippen molar-refractivity contribution in [1.82, 2.24) is 9.97 Å². The fourth-order valence-corrected chi connectivity index (χ4v) is 5.45. The summed E-state index contributed by atoms with van der Waals surface area (Å²) in [6, 6.07) is 6.22. The third kappa shape index (κ3) is 5.95. The number of nitrogens with zero attached hydrogens (tertiary/aromatic N) is 2. The topological polar surface area (TPSA) is 132 Å². The Kier molecular flexibility index (Phi) is 7.82. The average molecular weight is 497 g/mol. The van der Waals surface area contributed by atoms with E-state index < -0.39 is 32.8 Å². The molecule has 0 saturated carbocycles. The molecule has 1 amide bonds. The zero-order chi connectivity index (χ0) is 24.2. The molecule has 9 nitrogen and oxygen atoms in total. The third-order valence-electron chi connectivity index (χ3n) is 5.00. The van der Waals surface area contributed by atoms with Gasteiger partial charge in [-0.05, 0) is 43.5 Å². The molecule has 2 heterocycles. The zero-order valence-electron chi connectivity index (χ0n) is 18.2. The van der Waals surface area contributed by atoms with E-state index in [0.717, 1.165) is 9.69 Å². The van der Waals surface area contributed by atoms with Crippen LogP contribution in [-0.2, 0) is 21.1 Å². The van der Waals surface area contributed by atoms with E-state index >= 15 is 4.39 Å². The number of nitrogens with one attached hydrogen (secondary N) is 2. The van der Waals surface area contributed by atoms with E-state index in [1.807, 2.05) is 0 Å². The lowest BCUT2D eigenvalue weighted by Gasteiger charge is -2.22. The van der Waals surface area contributed by atoms with Gasteiger partial charge in [-0.3, -0.25) is 13.7 Å². The molecule has 0 spiro atoms. The summed E-state index contributed by atoms with van der Waals surface area (Å²) in [5.74, 6) is -1.88. The SMILES string of the molecule is CCCS(=O)(=O)CCCN(c1ccc(C)c(C(=O)Nc2cnc3[nH]ccc3c2)c1F)S(=O)O. The summed E-state index contributed by atoms with van der Waals surface area (Å²) >= 11 is -2.62. The van der Waals surface area contributed by atoms with Gasteiger partial charge in [-0.15, -0.1) is 0 Å². The largest absolute Gasteiger partial charge is 0.346 e. The first-order valence-electron chi connectivity index (χ1n) is 10.3. The normalized spacial score (nSPS) is 12.6. The van der Waals surface area contributed by atoms with Crippen molar-refractivity contribution in [3.05, 3.63) is 53.6 Å². The predicted molar refractivity (Wildman–Crippen MR) is 127 cm³/mol. The van der Waals surface area contributed by atoms with E-state index in [9.17, 15) is 22.0 Å². The summed E-state index contributed by atoms with van der Waals surface area (Å²) in [6.45, 7) is 3.11. The van der Waals surface area contributed by atoms with Gasteiger partial charge in [0.1, 0.15) is 15.5 Å². The lowest BCUT2D eigenvalue weighted by Crippen LogP contribution is -2.30. The molecule has 0 fully saturated rings. The highest BCUT2D eigenvalue weighted by molar-refractivity contribution is 7.91. The Morgan fingerprint density at radius 2 is 2.06 bits per heavy atom. The third-order valence-corrected chi connectivity index (χ3v) is 7.70. The molecule has 3 rings (SSSR count). The number of halogens is 1. The van der Waals surface area contributed by atoms with Gasteiger partial charge in [0.25, 0.3) is 17.2 Å². The number of amides is 1. The van der Waals surface area contributed by atoms with Crippen molar-refractivity contribution < 1.29 is 26.4 Å². The van der Waals surface area contributed by atoms with E-state index in [2.05, 4.69) is 15.3 Å². The lowest BCUT2D eigenvalue weighted by molar-refractivity contribution is 0.102. The van der Waals surface area contributed by atoms with Crippen LogP contribution in [0.4, 0.5) is 15.8 Å². The lowest BCUT2D eigenvalue weighted by atomic mass is 10.1. The Bertz CT molecular complexity index is 1290. The molecule has 0 bridgehead atoms. The van der Waals surface area contributed by atoms with Crippen molar-refractivity contribution in [3.8, 4) is 0 Å². The van der Waals surface area contributed by atoms with Crippen molar-refractivity contribution in [2.24, 2.45) is 0 Å². The molecule has 3 N–H and O–H groups in total. The molecule has 1 aromatic carbocycles. The molecule has 0 radical (unpaired) electrons. The summed E-state index contributed by atoms with van der Waals surface area (Å²) in [7, 11) is -3.29. The molecular weight excluding hydrogens is 471 g/mol. The quantitative estimate of drug-likeness (QED) is 0.369. The molecule has 33 heavy (non-hydrogen) atoms. The van der Waals surface area contributed by atoms with Crippen LogP contribution in [0.2, 0.25) is 0 Å². The Morgan fingerprint density at radius 1 is 1.30 bits per heavy atom. The molecule has 3 aromatic rings. The van der Waals surface area contributed by atoms with Crippen molar-refractivity contribution in [2.75, 3.05) is 27.7 Å².